The summed E-state index contributed by atoms with van der Waals surface area (Å²) in [5.41, 5.74) is 0.830. The molecule has 0 bridgehead atoms. The van der Waals surface area contributed by atoms with Crippen LogP contribution in [0.2, 0.25) is 0 Å². The van der Waals surface area contributed by atoms with Gasteiger partial charge in [-0.05, 0) is 32.4 Å². The number of unbranched alkanes of at least 4 members (excludes halogenated alkanes) is 1. The minimum absolute atomic E-state index is 0.100. The molecule has 23 heavy (non-hydrogen) atoms. The molecule has 124 valence electrons. The molecule has 0 spiro atoms. The molecule has 0 atom stereocenters. The molecule has 0 unspecified atom stereocenters. The first-order chi connectivity index (χ1) is 11.1. The number of nitrogens with zero attached hydrogens (tertiary/aromatic N) is 4. The van der Waals surface area contributed by atoms with Gasteiger partial charge in [-0.15, -0.1) is 5.10 Å². The van der Waals surface area contributed by atoms with Gasteiger partial charge in [-0.25, -0.2) is 0 Å². The molecule has 0 saturated carbocycles. The van der Waals surface area contributed by atoms with Crippen LogP contribution < -0.4 is 15.0 Å². The summed E-state index contributed by atoms with van der Waals surface area (Å²) in [6.07, 6.45) is 4.04. The Bertz CT molecular complexity index is 617. The Morgan fingerprint density at radius 3 is 2.78 bits per heavy atom. The van der Waals surface area contributed by atoms with Crippen LogP contribution in [-0.2, 0) is 0 Å². The molecule has 0 fully saturated rings. The third-order valence-corrected chi connectivity index (χ3v) is 3.28. The summed E-state index contributed by atoms with van der Waals surface area (Å²) in [7, 11) is 2.01. The van der Waals surface area contributed by atoms with Crippen molar-refractivity contribution in [1.82, 2.24) is 15.2 Å². The highest BCUT2D eigenvalue weighted by Gasteiger charge is 2.09. The Hall–Kier alpha value is -2.37. The summed E-state index contributed by atoms with van der Waals surface area (Å²) in [6.45, 7) is 7.11. The molecule has 0 aliphatic carbocycles. The van der Waals surface area contributed by atoms with E-state index >= 15 is 0 Å². The lowest BCUT2D eigenvalue weighted by Gasteiger charge is -2.18. The number of anilines is 3. The van der Waals surface area contributed by atoms with Gasteiger partial charge < -0.3 is 15.0 Å². The molecule has 1 aromatic heterocycles. The molecule has 1 aromatic carbocycles. The number of hydrogen-bond donors (Lipinski definition) is 1. The fourth-order valence-corrected chi connectivity index (χ4v) is 2.09. The molecule has 2 rings (SSSR count). The van der Waals surface area contributed by atoms with Crippen molar-refractivity contribution < 1.29 is 4.74 Å². The van der Waals surface area contributed by atoms with Crippen LogP contribution in [0.5, 0.6) is 5.75 Å². The zero-order valence-corrected chi connectivity index (χ0v) is 14.3. The van der Waals surface area contributed by atoms with E-state index in [4.69, 9.17) is 4.74 Å². The van der Waals surface area contributed by atoms with Gasteiger partial charge in [0.1, 0.15) is 5.75 Å². The standard InChI is InChI=1S/C17H25N5O/c1-5-6-11-22(4)16-12-18-21-17(20-16)19-14-9-7-8-10-15(14)23-13(2)3/h7-10,12-13H,5-6,11H2,1-4H3,(H,19,20,21). The number of nitrogens with one attached hydrogen (secondary N) is 1. The third kappa shape index (κ3) is 5.09. The fourth-order valence-electron chi connectivity index (χ4n) is 2.09. The zero-order chi connectivity index (χ0) is 16.7. The predicted octanol–water partition coefficient (Wildman–Crippen LogP) is 3.64. The van der Waals surface area contributed by atoms with Crippen molar-refractivity contribution in [2.75, 3.05) is 23.8 Å². The molecule has 0 saturated heterocycles. The average molecular weight is 315 g/mol. The van der Waals surface area contributed by atoms with Crippen LogP contribution in [0.3, 0.4) is 0 Å². The highest BCUT2D eigenvalue weighted by Crippen LogP contribution is 2.27. The van der Waals surface area contributed by atoms with Crippen LogP contribution in [-0.4, -0.2) is 34.9 Å². The molecule has 0 aliphatic rings. The van der Waals surface area contributed by atoms with Gasteiger partial charge in [0.25, 0.3) is 0 Å². The van der Waals surface area contributed by atoms with Crippen LogP contribution in [0.15, 0.2) is 30.5 Å². The second-order valence-electron chi connectivity index (χ2n) is 5.70. The zero-order valence-electron chi connectivity index (χ0n) is 14.3. The van der Waals surface area contributed by atoms with Gasteiger partial charge in [-0.2, -0.15) is 10.1 Å². The first kappa shape index (κ1) is 17.0. The highest BCUT2D eigenvalue weighted by molar-refractivity contribution is 5.62. The highest BCUT2D eigenvalue weighted by atomic mass is 16.5. The number of para-hydroxylation sites is 2. The average Bonchev–Trinajstić information content (AvgIpc) is 2.54. The number of hydrogen-bond acceptors (Lipinski definition) is 6. The van der Waals surface area contributed by atoms with Crippen molar-refractivity contribution in [3.8, 4) is 5.75 Å². The van der Waals surface area contributed by atoms with E-state index in [1.165, 1.54) is 0 Å². The molecule has 6 nitrogen and oxygen atoms in total. The summed E-state index contributed by atoms with van der Waals surface area (Å²) >= 11 is 0. The number of benzene rings is 1. The van der Waals surface area contributed by atoms with E-state index in [1.807, 2.05) is 45.2 Å². The molecule has 1 N–H and O–H groups in total. The predicted molar refractivity (Wildman–Crippen MR) is 93.5 cm³/mol. The van der Waals surface area contributed by atoms with E-state index in [-0.39, 0.29) is 6.10 Å². The maximum Gasteiger partial charge on any atom is 0.249 e. The number of rotatable bonds is 8. The summed E-state index contributed by atoms with van der Waals surface area (Å²) < 4.78 is 5.80. The SMILES string of the molecule is CCCCN(C)c1cnnc(Nc2ccccc2OC(C)C)n1. The third-order valence-electron chi connectivity index (χ3n) is 3.28. The maximum atomic E-state index is 5.80. The molecule has 0 amide bonds. The van der Waals surface area contributed by atoms with Crippen LogP contribution in [0.1, 0.15) is 33.6 Å². The first-order valence-corrected chi connectivity index (χ1v) is 8.03. The van der Waals surface area contributed by atoms with Crippen molar-refractivity contribution >= 4 is 17.5 Å². The van der Waals surface area contributed by atoms with E-state index in [9.17, 15) is 0 Å². The lowest BCUT2D eigenvalue weighted by atomic mass is 10.3. The van der Waals surface area contributed by atoms with Crippen LogP contribution in [0, 0.1) is 0 Å². The molecule has 0 radical (unpaired) electrons. The Labute approximate surface area is 137 Å². The van der Waals surface area contributed by atoms with Gasteiger partial charge in [0.15, 0.2) is 5.82 Å². The maximum absolute atomic E-state index is 5.80. The van der Waals surface area contributed by atoms with Crippen molar-refractivity contribution in [3.05, 3.63) is 30.5 Å². The molecule has 1 heterocycles. The van der Waals surface area contributed by atoms with Crippen LogP contribution >= 0.6 is 0 Å². The van der Waals surface area contributed by atoms with Crippen molar-refractivity contribution in [2.24, 2.45) is 0 Å². The quantitative estimate of drug-likeness (QED) is 0.802. The normalized spacial score (nSPS) is 10.7. The molecule has 6 heteroatoms. The smallest absolute Gasteiger partial charge is 0.249 e. The molecule has 2 aromatic rings. The first-order valence-electron chi connectivity index (χ1n) is 8.03. The topological polar surface area (TPSA) is 63.2 Å². The lowest BCUT2D eigenvalue weighted by Crippen LogP contribution is -2.20. The Balaban J connectivity index is 2.14. The Morgan fingerprint density at radius 2 is 2.04 bits per heavy atom. The van der Waals surface area contributed by atoms with E-state index in [1.54, 1.807) is 6.20 Å². The van der Waals surface area contributed by atoms with Gasteiger partial charge >= 0.3 is 0 Å². The van der Waals surface area contributed by atoms with Gasteiger partial charge in [-0.1, -0.05) is 25.5 Å². The van der Waals surface area contributed by atoms with E-state index in [2.05, 4.69) is 32.3 Å². The van der Waals surface area contributed by atoms with Crippen LogP contribution in [0.4, 0.5) is 17.5 Å². The van der Waals surface area contributed by atoms with Crippen molar-refractivity contribution in [1.29, 1.82) is 0 Å². The second-order valence-corrected chi connectivity index (χ2v) is 5.70. The summed E-state index contributed by atoms with van der Waals surface area (Å²) in [4.78, 5) is 6.61. The Morgan fingerprint density at radius 1 is 1.26 bits per heavy atom. The lowest BCUT2D eigenvalue weighted by molar-refractivity contribution is 0.244. The molecule has 0 aliphatic heterocycles. The number of aromatic nitrogens is 3. The van der Waals surface area contributed by atoms with Gasteiger partial charge in [0, 0.05) is 13.6 Å². The van der Waals surface area contributed by atoms with Gasteiger partial charge in [0.2, 0.25) is 5.95 Å². The molecular weight excluding hydrogens is 290 g/mol. The van der Waals surface area contributed by atoms with E-state index in [0.29, 0.717) is 5.95 Å². The van der Waals surface area contributed by atoms with Crippen molar-refractivity contribution in [2.45, 2.75) is 39.7 Å². The second kappa shape index (κ2) is 8.31. The van der Waals surface area contributed by atoms with Gasteiger partial charge in [-0.3, -0.25) is 0 Å². The fraction of sp³-hybridized carbons (Fsp3) is 0.471. The monoisotopic (exact) mass is 315 g/mol. The summed E-state index contributed by atoms with van der Waals surface area (Å²) in [5, 5.41) is 11.3. The molecular formula is C17H25N5O. The minimum Gasteiger partial charge on any atom is -0.489 e. The summed E-state index contributed by atoms with van der Waals surface area (Å²) in [5.74, 6) is 2.04. The van der Waals surface area contributed by atoms with E-state index in [0.717, 1.165) is 36.6 Å². The number of ether oxygens (including phenoxy) is 1. The van der Waals surface area contributed by atoms with E-state index < -0.39 is 0 Å². The largest absolute Gasteiger partial charge is 0.489 e. The Kier molecular flexibility index (Phi) is 6.14. The summed E-state index contributed by atoms with van der Waals surface area (Å²) in [6, 6.07) is 7.75. The minimum atomic E-state index is 0.100. The van der Waals surface area contributed by atoms with Crippen molar-refractivity contribution in [3.63, 3.8) is 0 Å². The van der Waals surface area contributed by atoms with Gasteiger partial charge in [0.05, 0.1) is 18.0 Å². The van der Waals surface area contributed by atoms with Crippen LogP contribution in [0.25, 0.3) is 0 Å².